The highest BCUT2D eigenvalue weighted by atomic mass is 16.5. The van der Waals surface area contributed by atoms with Crippen LogP contribution in [0.5, 0.6) is 0 Å². The van der Waals surface area contributed by atoms with E-state index in [1.807, 2.05) is 13.8 Å². The summed E-state index contributed by atoms with van der Waals surface area (Å²) in [5, 5.41) is 0. The van der Waals surface area contributed by atoms with Crippen LogP contribution in [0, 0.1) is 0 Å². The molecule has 3 rings (SSSR count). The Hall–Kier alpha value is -2.74. The molecule has 1 aromatic rings. The number of amides is 3. The lowest BCUT2D eigenvalue weighted by molar-refractivity contribution is -0.157. The van der Waals surface area contributed by atoms with Gasteiger partial charge < -0.3 is 14.4 Å². The Morgan fingerprint density at radius 2 is 1.62 bits per heavy atom. The quantitative estimate of drug-likeness (QED) is 0.572. The SMILES string of the molecule is C[C@@H]1CN(C(=O)COC(=O)CN2C(=O)c3ccccc3C2=O)C[C@H](C)O1. The molecule has 1 fully saturated rings. The number of carbonyl (C=O) groups excluding carboxylic acids is 4. The molecule has 0 aliphatic carbocycles. The van der Waals surface area contributed by atoms with Crippen LogP contribution in [-0.4, -0.2) is 71.9 Å². The summed E-state index contributed by atoms with van der Waals surface area (Å²) in [5.41, 5.74) is 0.523. The van der Waals surface area contributed by atoms with Crippen molar-refractivity contribution in [3.63, 3.8) is 0 Å². The third-order valence-electron chi connectivity index (χ3n) is 4.29. The molecule has 2 atom stereocenters. The number of ether oxygens (including phenoxy) is 2. The Morgan fingerprint density at radius 3 is 2.15 bits per heavy atom. The summed E-state index contributed by atoms with van der Waals surface area (Å²) in [7, 11) is 0. The third kappa shape index (κ3) is 3.60. The molecule has 26 heavy (non-hydrogen) atoms. The van der Waals surface area contributed by atoms with E-state index in [0.29, 0.717) is 13.1 Å². The number of benzene rings is 1. The molecule has 3 amide bonds. The van der Waals surface area contributed by atoms with Gasteiger partial charge in [-0.05, 0) is 26.0 Å². The van der Waals surface area contributed by atoms with Gasteiger partial charge in [0.2, 0.25) is 0 Å². The highest BCUT2D eigenvalue weighted by Gasteiger charge is 2.36. The van der Waals surface area contributed by atoms with Gasteiger partial charge in [0.25, 0.3) is 17.7 Å². The zero-order valence-electron chi connectivity index (χ0n) is 14.6. The van der Waals surface area contributed by atoms with Crippen LogP contribution in [0.3, 0.4) is 0 Å². The first kappa shape index (κ1) is 18.1. The first-order chi connectivity index (χ1) is 12.4. The van der Waals surface area contributed by atoms with Gasteiger partial charge in [0.15, 0.2) is 6.61 Å². The fraction of sp³-hybridized carbons (Fsp3) is 0.444. The second kappa shape index (κ2) is 7.25. The van der Waals surface area contributed by atoms with Gasteiger partial charge in [-0.15, -0.1) is 0 Å². The number of fused-ring (bicyclic) bond motifs is 1. The molecular formula is C18H20N2O6. The van der Waals surface area contributed by atoms with Crippen molar-refractivity contribution in [3.05, 3.63) is 35.4 Å². The fourth-order valence-corrected chi connectivity index (χ4v) is 3.17. The Balaban J connectivity index is 1.53. The highest BCUT2D eigenvalue weighted by Crippen LogP contribution is 2.22. The summed E-state index contributed by atoms with van der Waals surface area (Å²) in [4.78, 5) is 51.0. The van der Waals surface area contributed by atoms with Crippen LogP contribution in [-0.2, 0) is 19.1 Å². The average Bonchev–Trinajstić information content (AvgIpc) is 2.84. The van der Waals surface area contributed by atoms with E-state index in [4.69, 9.17) is 9.47 Å². The van der Waals surface area contributed by atoms with Crippen LogP contribution in [0.25, 0.3) is 0 Å². The number of carbonyl (C=O) groups is 4. The number of imide groups is 1. The van der Waals surface area contributed by atoms with Crippen LogP contribution >= 0.6 is 0 Å². The number of morpholine rings is 1. The molecule has 0 spiro atoms. The molecule has 8 heteroatoms. The summed E-state index contributed by atoms with van der Waals surface area (Å²) < 4.78 is 10.5. The van der Waals surface area contributed by atoms with Gasteiger partial charge in [0.1, 0.15) is 6.54 Å². The maximum absolute atomic E-state index is 12.2. The smallest absolute Gasteiger partial charge is 0.326 e. The predicted molar refractivity (Wildman–Crippen MR) is 89.4 cm³/mol. The molecule has 2 heterocycles. The van der Waals surface area contributed by atoms with E-state index in [2.05, 4.69) is 0 Å². The standard InChI is InChI=1S/C18H20N2O6/c1-11-7-19(8-12(2)26-11)15(21)10-25-16(22)9-20-17(23)13-5-3-4-6-14(13)18(20)24/h3-6,11-12H,7-10H2,1-2H3/t11-,12+. The zero-order valence-corrected chi connectivity index (χ0v) is 14.6. The van der Waals surface area contributed by atoms with E-state index in [1.165, 1.54) is 12.1 Å². The van der Waals surface area contributed by atoms with Gasteiger partial charge in [-0.3, -0.25) is 24.1 Å². The Labute approximate surface area is 150 Å². The Kier molecular flexibility index (Phi) is 5.03. The van der Waals surface area contributed by atoms with E-state index >= 15 is 0 Å². The lowest BCUT2D eigenvalue weighted by Crippen LogP contribution is -2.49. The topological polar surface area (TPSA) is 93.2 Å². The van der Waals surface area contributed by atoms with Crippen molar-refractivity contribution < 1.29 is 28.7 Å². The van der Waals surface area contributed by atoms with Gasteiger partial charge >= 0.3 is 5.97 Å². The lowest BCUT2D eigenvalue weighted by Gasteiger charge is -2.35. The van der Waals surface area contributed by atoms with Crippen LogP contribution in [0.2, 0.25) is 0 Å². The zero-order chi connectivity index (χ0) is 18.8. The van der Waals surface area contributed by atoms with Crippen LogP contribution < -0.4 is 0 Å². The number of hydrogen-bond acceptors (Lipinski definition) is 6. The summed E-state index contributed by atoms with van der Waals surface area (Å²) in [6, 6.07) is 6.36. The molecule has 2 aliphatic rings. The van der Waals surface area contributed by atoms with Crippen molar-refractivity contribution >= 4 is 23.7 Å². The molecule has 0 saturated carbocycles. The largest absolute Gasteiger partial charge is 0.454 e. The molecule has 2 aliphatic heterocycles. The summed E-state index contributed by atoms with van der Waals surface area (Å²) >= 11 is 0. The highest BCUT2D eigenvalue weighted by molar-refractivity contribution is 6.22. The van der Waals surface area contributed by atoms with Crippen molar-refractivity contribution in [1.82, 2.24) is 9.80 Å². The minimum absolute atomic E-state index is 0.0863. The van der Waals surface area contributed by atoms with Crippen LogP contribution in [0.15, 0.2) is 24.3 Å². The summed E-state index contributed by atoms with van der Waals surface area (Å²) in [5.74, 6) is -2.21. The van der Waals surface area contributed by atoms with Crippen LogP contribution in [0.1, 0.15) is 34.6 Å². The van der Waals surface area contributed by atoms with E-state index in [0.717, 1.165) is 4.90 Å². The van der Waals surface area contributed by atoms with Crippen molar-refractivity contribution in [2.24, 2.45) is 0 Å². The van der Waals surface area contributed by atoms with Gasteiger partial charge in [-0.25, -0.2) is 0 Å². The van der Waals surface area contributed by atoms with Crippen molar-refractivity contribution in [2.45, 2.75) is 26.1 Å². The number of nitrogens with zero attached hydrogens (tertiary/aromatic N) is 2. The summed E-state index contributed by atoms with van der Waals surface area (Å²) in [6.07, 6.45) is -0.173. The molecule has 0 bridgehead atoms. The first-order valence-corrected chi connectivity index (χ1v) is 8.41. The molecule has 0 aromatic heterocycles. The van der Waals surface area contributed by atoms with Gasteiger partial charge in [0, 0.05) is 13.1 Å². The molecule has 0 N–H and O–H groups in total. The molecule has 0 unspecified atom stereocenters. The normalized spacial score (nSPS) is 22.4. The minimum Gasteiger partial charge on any atom is -0.454 e. The fourth-order valence-electron chi connectivity index (χ4n) is 3.17. The maximum Gasteiger partial charge on any atom is 0.326 e. The molecule has 8 nitrogen and oxygen atoms in total. The van der Waals surface area contributed by atoms with E-state index in [1.54, 1.807) is 17.0 Å². The molecular weight excluding hydrogens is 340 g/mol. The van der Waals surface area contributed by atoms with E-state index in [9.17, 15) is 19.2 Å². The number of hydrogen-bond donors (Lipinski definition) is 0. The average molecular weight is 360 g/mol. The number of rotatable bonds is 4. The second-order valence-electron chi connectivity index (χ2n) is 6.46. The lowest BCUT2D eigenvalue weighted by atomic mass is 10.1. The van der Waals surface area contributed by atoms with Crippen LogP contribution in [0.4, 0.5) is 0 Å². The molecule has 1 saturated heterocycles. The van der Waals surface area contributed by atoms with Crippen molar-refractivity contribution in [2.75, 3.05) is 26.2 Å². The monoisotopic (exact) mass is 360 g/mol. The van der Waals surface area contributed by atoms with E-state index < -0.39 is 30.9 Å². The third-order valence-corrected chi connectivity index (χ3v) is 4.29. The molecule has 138 valence electrons. The van der Waals surface area contributed by atoms with Crippen molar-refractivity contribution in [1.29, 1.82) is 0 Å². The van der Waals surface area contributed by atoms with E-state index in [-0.39, 0.29) is 29.2 Å². The predicted octanol–water partition coefficient (Wildman–Crippen LogP) is 0.462. The number of esters is 1. The Morgan fingerprint density at radius 1 is 1.08 bits per heavy atom. The van der Waals surface area contributed by atoms with Gasteiger partial charge in [-0.2, -0.15) is 0 Å². The minimum atomic E-state index is -0.804. The summed E-state index contributed by atoms with van der Waals surface area (Å²) in [6.45, 7) is 3.64. The maximum atomic E-state index is 12.2. The first-order valence-electron chi connectivity index (χ1n) is 8.41. The van der Waals surface area contributed by atoms with Gasteiger partial charge in [0.05, 0.1) is 23.3 Å². The second-order valence-corrected chi connectivity index (χ2v) is 6.46. The molecule has 1 aromatic carbocycles. The molecule has 0 radical (unpaired) electrons. The Bertz CT molecular complexity index is 717. The van der Waals surface area contributed by atoms with Crippen molar-refractivity contribution in [3.8, 4) is 0 Å². The van der Waals surface area contributed by atoms with Gasteiger partial charge in [-0.1, -0.05) is 12.1 Å².